The molecule has 1 N–H and O–H groups in total. The summed E-state index contributed by atoms with van der Waals surface area (Å²) in [6.07, 6.45) is -0.0227. The standard InChI is InChI=1S/C16H23N2O2.CH3.W/c1-6-13(14-7-9(2)17-12(5)18-14)16-11(4)10(3)15(8-19)20-16;;/h10-11,13,15-16,19H,8H2,1-5H3;1H3;/q2*-1;. The van der Waals surface area contributed by atoms with Gasteiger partial charge >= 0.3 is 138 Å². The maximum absolute atomic E-state index is 9.49. The molecule has 5 atom stereocenters. The van der Waals surface area contributed by atoms with E-state index >= 15 is 0 Å². The summed E-state index contributed by atoms with van der Waals surface area (Å²) >= 11 is 1.44. The fourth-order valence-electron chi connectivity index (χ4n) is 3.09. The van der Waals surface area contributed by atoms with Crippen molar-refractivity contribution in [3.63, 3.8) is 0 Å². The minimum atomic E-state index is -0.0779. The number of aryl methyl sites for hydroxylation is 2. The van der Waals surface area contributed by atoms with Crippen molar-refractivity contribution in [2.45, 2.75) is 52.7 Å². The number of aliphatic hydroxyl groups is 1. The Morgan fingerprint density at radius 3 is 2.41 bits per heavy atom. The molecule has 1 aromatic rings. The summed E-state index contributed by atoms with van der Waals surface area (Å²) in [6.45, 7) is 10.4. The summed E-state index contributed by atoms with van der Waals surface area (Å²) in [7, 11) is 0. The largest absolute Gasteiger partial charge is 0.358 e. The monoisotopic (exact) mass is 474 g/mol. The number of ether oxygens (including phenoxy) is 1. The van der Waals surface area contributed by atoms with Crippen molar-refractivity contribution in [2.75, 3.05) is 6.61 Å². The molecule has 2 heterocycles. The molecule has 0 spiro atoms. The van der Waals surface area contributed by atoms with Gasteiger partial charge in [-0.15, -0.1) is 0 Å². The summed E-state index contributed by atoms with van der Waals surface area (Å²) in [5.41, 5.74) is 1.80. The Morgan fingerprint density at radius 2 is 1.95 bits per heavy atom. The van der Waals surface area contributed by atoms with Crippen LogP contribution in [-0.2, 0) is 24.1 Å². The third-order valence-corrected chi connectivity index (χ3v) is 5.34. The Hall–Kier alpha value is -0.442. The van der Waals surface area contributed by atoms with Crippen LogP contribution in [0, 0.1) is 39.2 Å². The van der Waals surface area contributed by atoms with E-state index in [-0.39, 0.29) is 32.2 Å². The fourth-order valence-corrected chi connectivity index (χ4v) is 3.97. The molecule has 1 aliphatic heterocycles. The topological polar surface area (TPSA) is 55.2 Å². The molecular formula is C17H26N2O2W-2. The van der Waals surface area contributed by atoms with Gasteiger partial charge in [-0.3, -0.25) is 0 Å². The Labute approximate surface area is 145 Å². The Morgan fingerprint density at radius 1 is 1.32 bits per heavy atom. The van der Waals surface area contributed by atoms with Crippen molar-refractivity contribution in [1.29, 1.82) is 0 Å². The zero-order chi connectivity index (χ0) is 15.7. The molecule has 0 bridgehead atoms. The minimum absolute atomic E-state index is 0. The molecule has 5 heteroatoms. The van der Waals surface area contributed by atoms with Gasteiger partial charge in [-0.25, -0.2) is 0 Å². The smallest absolute Gasteiger partial charge is 0.358 e. The van der Waals surface area contributed by atoms with E-state index in [0.29, 0.717) is 11.8 Å². The minimum Gasteiger partial charge on any atom is -0.358 e. The summed E-state index contributed by atoms with van der Waals surface area (Å²) < 4.78 is 7.49. The van der Waals surface area contributed by atoms with E-state index in [2.05, 4.69) is 36.8 Å². The van der Waals surface area contributed by atoms with E-state index in [9.17, 15) is 5.11 Å². The zero-order valence-electron chi connectivity index (χ0n) is 14.3. The van der Waals surface area contributed by atoms with Gasteiger partial charge in [-0.2, -0.15) is 0 Å². The van der Waals surface area contributed by atoms with Crippen LogP contribution in [0.5, 0.6) is 0 Å². The van der Waals surface area contributed by atoms with Crippen molar-refractivity contribution >= 4 is 3.90 Å². The first-order valence-electron chi connectivity index (χ1n) is 7.36. The molecule has 0 aliphatic carbocycles. The Bertz CT molecular complexity index is 515. The quantitative estimate of drug-likeness (QED) is 0.681. The Kier molecular flexibility index (Phi) is 7.04. The number of aromatic nitrogens is 2. The summed E-state index contributed by atoms with van der Waals surface area (Å²) in [5.74, 6) is 1.64. The predicted octanol–water partition coefficient (Wildman–Crippen LogP) is 2.20. The van der Waals surface area contributed by atoms with E-state index in [1.54, 1.807) is 0 Å². The third kappa shape index (κ3) is 3.90. The number of hydrogen-bond acceptors (Lipinski definition) is 4. The van der Waals surface area contributed by atoms with Crippen molar-refractivity contribution in [3.8, 4) is 0 Å². The molecule has 0 aromatic carbocycles. The van der Waals surface area contributed by atoms with Crippen LogP contribution in [0.25, 0.3) is 0 Å². The molecule has 1 aliphatic rings. The number of hydrogen-bond donors (Lipinski definition) is 1. The van der Waals surface area contributed by atoms with Crippen molar-refractivity contribution in [1.82, 2.24) is 9.97 Å². The molecule has 0 radical (unpaired) electrons. The number of aliphatic hydroxyl groups excluding tert-OH is 1. The first-order chi connectivity index (χ1) is 9.85. The molecule has 0 amide bonds. The van der Waals surface area contributed by atoms with E-state index in [4.69, 9.17) is 4.74 Å². The molecule has 4 nitrogen and oxygen atoms in total. The molecule has 22 heavy (non-hydrogen) atoms. The van der Waals surface area contributed by atoms with E-state index in [1.165, 1.54) is 23.3 Å². The van der Waals surface area contributed by atoms with E-state index < -0.39 is 0 Å². The van der Waals surface area contributed by atoms with Crippen molar-refractivity contribution in [3.05, 3.63) is 30.7 Å². The first kappa shape index (κ1) is 19.6. The van der Waals surface area contributed by atoms with Crippen LogP contribution in [0.2, 0.25) is 0 Å². The van der Waals surface area contributed by atoms with E-state index in [0.717, 1.165) is 17.2 Å². The van der Waals surface area contributed by atoms with Crippen LogP contribution < -0.4 is 0 Å². The van der Waals surface area contributed by atoms with Gasteiger partial charge in [0.05, 0.1) is 0 Å². The van der Waals surface area contributed by atoms with Gasteiger partial charge < -0.3 is 7.43 Å². The Balaban J connectivity index is 0.00000242. The summed E-state index contributed by atoms with van der Waals surface area (Å²) in [5, 5.41) is 9.49. The van der Waals surface area contributed by atoms with Crippen molar-refractivity contribution in [2.24, 2.45) is 11.8 Å². The third-order valence-electron chi connectivity index (χ3n) is 4.43. The van der Waals surface area contributed by atoms with Crippen LogP contribution in [0.15, 0.2) is 0 Å². The molecule has 2 rings (SSSR count). The van der Waals surface area contributed by atoms with E-state index in [1.807, 2.05) is 13.8 Å². The normalized spacial score (nSPS) is 29.0. The second kappa shape index (κ2) is 7.90. The van der Waals surface area contributed by atoms with Gasteiger partial charge in [0.15, 0.2) is 0 Å². The van der Waals surface area contributed by atoms with Crippen LogP contribution in [0.4, 0.5) is 0 Å². The maximum atomic E-state index is 9.49. The van der Waals surface area contributed by atoms with Gasteiger partial charge in [-0.1, -0.05) is 0 Å². The van der Waals surface area contributed by atoms with Crippen LogP contribution >= 0.6 is 0 Å². The van der Waals surface area contributed by atoms with Crippen LogP contribution in [0.3, 0.4) is 0 Å². The molecule has 124 valence electrons. The average Bonchev–Trinajstić information content (AvgIpc) is 2.65. The summed E-state index contributed by atoms with van der Waals surface area (Å²) in [4.78, 5) is 8.91. The van der Waals surface area contributed by atoms with Gasteiger partial charge in [0.25, 0.3) is 0 Å². The maximum Gasteiger partial charge on any atom is -0.358 e. The average molecular weight is 474 g/mol. The summed E-state index contributed by atoms with van der Waals surface area (Å²) in [6, 6.07) is 3.30. The van der Waals surface area contributed by atoms with Gasteiger partial charge in [-0.05, 0) is 0 Å². The second-order valence-electron chi connectivity index (χ2n) is 5.99. The number of nitrogens with zero attached hydrogens (tertiary/aromatic N) is 2. The van der Waals surface area contributed by atoms with Gasteiger partial charge in [0.1, 0.15) is 0 Å². The van der Waals surface area contributed by atoms with Crippen LogP contribution in [0.1, 0.15) is 43.9 Å². The molecular weight excluding hydrogens is 448 g/mol. The number of rotatable bonds is 4. The molecule has 1 fully saturated rings. The van der Waals surface area contributed by atoms with Gasteiger partial charge in [0, 0.05) is 0 Å². The predicted molar refractivity (Wildman–Crippen MR) is 84.3 cm³/mol. The first-order valence-corrected chi connectivity index (χ1v) is 8.83. The van der Waals surface area contributed by atoms with Crippen molar-refractivity contribution < 1.29 is 29.2 Å². The second-order valence-corrected chi connectivity index (χ2v) is 8.31. The SMILES string of the molecule is C[C](=[W])C(c1[c-]c(C)nc(C)n1)C1OC(CO)C(C)C1C.[CH3-]. The molecule has 1 saturated heterocycles. The molecule has 5 unspecified atom stereocenters. The van der Waals surface area contributed by atoms with Gasteiger partial charge in [0.2, 0.25) is 0 Å². The molecule has 1 aromatic heterocycles. The fraction of sp³-hybridized carbons (Fsp3) is 0.647. The zero-order valence-corrected chi connectivity index (χ0v) is 17.2. The molecule has 0 saturated carbocycles. The van der Waals surface area contributed by atoms with Crippen LogP contribution in [-0.4, -0.2) is 37.8 Å².